The summed E-state index contributed by atoms with van der Waals surface area (Å²) in [4.78, 5) is 15.9. The van der Waals surface area contributed by atoms with E-state index < -0.39 is 0 Å². The Kier molecular flexibility index (Phi) is 8.26. The van der Waals surface area contributed by atoms with Crippen LogP contribution in [0.15, 0.2) is 64.4 Å². The summed E-state index contributed by atoms with van der Waals surface area (Å²) in [5.74, 6) is 0.607. The van der Waals surface area contributed by atoms with Gasteiger partial charge >= 0.3 is 0 Å². The second-order valence-corrected chi connectivity index (χ2v) is 5.38. The van der Waals surface area contributed by atoms with Crippen LogP contribution in [0.1, 0.15) is 44.5 Å². The molecule has 1 rings (SSSR count). The molecular formula is C20H26N2O2. The number of anilines is 1. The van der Waals surface area contributed by atoms with Crippen LogP contribution in [-0.4, -0.2) is 19.2 Å². The van der Waals surface area contributed by atoms with E-state index in [9.17, 15) is 4.79 Å². The largest absolute Gasteiger partial charge is 0.397 e. The van der Waals surface area contributed by atoms with Gasteiger partial charge in [-0.2, -0.15) is 0 Å². The number of carbonyl (C=O) groups excluding carboxylic acids is 1. The highest BCUT2D eigenvalue weighted by molar-refractivity contribution is 6.07. The molecule has 4 nitrogen and oxygen atoms in total. The fraction of sp³-hybridized carbons (Fsp3) is 0.300. The van der Waals surface area contributed by atoms with Crippen molar-refractivity contribution in [3.63, 3.8) is 0 Å². The van der Waals surface area contributed by atoms with Gasteiger partial charge in [-0.3, -0.25) is 4.79 Å². The van der Waals surface area contributed by atoms with Crippen molar-refractivity contribution in [2.24, 2.45) is 5.16 Å². The molecule has 4 heteroatoms. The molecule has 24 heavy (non-hydrogen) atoms. The predicted molar refractivity (Wildman–Crippen MR) is 101 cm³/mol. The Morgan fingerprint density at radius 3 is 2.67 bits per heavy atom. The van der Waals surface area contributed by atoms with E-state index in [0.29, 0.717) is 11.4 Å². The van der Waals surface area contributed by atoms with Crippen molar-refractivity contribution in [3.8, 4) is 0 Å². The van der Waals surface area contributed by atoms with Gasteiger partial charge in [-0.15, -0.1) is 0 Å². The number of rotatable bonds is 7. The topological polar surface area (TPSA) is 50.7 Å². The normalized spacial score (nSPS) is 13.7. The van der Waals surface area contributed by atoms with Crippen LogP contribution in [0.25, 0.3) is 0 Å². The van der Waals surface area contributed by atoms with Gasteiger partial charge in [0.25, 0.3) is 0 Å². The monoisotopic (exact) mass is 326 g/mol. The highest BCUT2D eigenvalue weighted by Crippen LogP contribution is 2.16. The number of benzene rings is 1. The van der Waals surface area contributed by atoms with Crippen molar-refractivity contribution in [1.82, 2.24) is 0 Å². The third kappa shape index (κ3) is 5.88. The van der Waals surface area contributed by atoms with Crippen molar-refractivity contribution in [2.75, 3.05) is 12.4 Å². The average Bonchev–Trinajstić information content (AvgIpc) is 2.59. The summed E-state index contributed by atoms with van der Waals surface area (Å²) in [6, 6.07) is 7.23. The molecule has 0 saturated heterocycles. The number of nitrogens with one attached hydrogen (secondary N) is 1. The van der Waals surface area contributed by atoms with Crippen molar-refractivity contribution in [1.29, 1.82) is 0 Å². The quantitative estimate of drug-likeness (QED) is 0.249. The van der Waals surface area contributed by atoms with Gasteiger partial charge < -0.3 is 10.2 Å². The maximum absolute atomic E-state index is 10.9. The number of carbonyl (C=O) groups is 1. The lowest BCUT2D eigenvalue weighted by Gasteiger charge is -2.11. The molecule has 0 heterocycles. The first-order chi connectivity index (χ1) is 11.5. The highest BCUT2D eigenvalue weighted by atomic mass is 16.6. The van der Waals surface area contributed by atoms with Crippen LogP contribution >= 0.6 is 0 Å². The first-order valence-electron chi connectivity index (χ1n) is 8.00. The summed E-state index contributed by atoms with van der Waals surface area (Å²) < 4.78 is 0. The number of hydrogen-bond donors (Lipinski definition) is 1. The second-order valence-electron chi connectivity index (χ2n) is 5.38. The van der Waals surface area contributed by atoms with Crippen LogP contribution in [0.3, 0.4) is 0 Å². The van der Waals surface area contributed by atoms with Crippen LogP contribution < -0.4 is 5.32 Å². The molecule has 0 unspecified atom stereocenters. The van der Waals surface area contributed by atoms with Gasteiger partial charge in [0.05, 0.1) is 0 Å². The van der Waals surface area contributed by atoms with Crippen LogP contribution in [0.2, 0.25) is 0 Å². The molecule has 1 aromatic carbocycles. The van der Waals surface area contributed by atoms with Crippen LogP contribution in [0, 0.1) is 0 Å². The summed E-state index contributed by atoms with van der Waals surface area (Å²) in [6.07, 6.45) is 8.02. The van der Waals surface area contributed by atoms with Crippen molar-refractivity contribution in [3.05, 3.63) is 64.8 Å². The van der Waals surface area contributed by atoms with Gasteiger partial charge in [0.15, 0.2) is 5.84 Å². The zero-order chi connectivity index (χ0) is 17.9. The maximum atomic E-state index is 10.9. The zero-order valence-corrected chi connectivity index (χ0v) is 15.1. The Morgan fingerprint density at radius 1 is 1.33 bits per heavy atom. The highest BCUT2D eigenvalue weighted by Gasteiger charge is 2.06. The number of amidine groups is 1. The summed E-state index contributed by atoms with van der Waals surface area (Å²) in [7, 11) is 1.51. The lowest BCUT2D eigenvalue weighted by atomic mass is 10.0. The molecule has 0 aliphatic carbocycles. The molecule has 128 valence electrons. The molecule has 0 aliphatic heterocycles. The molecule has 0 aliphatic rings. The Bertz CT molecular complexity index is 683. The van der Waals surface area contributed by atoms with Gasteiger partial charge in [-0.25, -0.2) is 0 Å². The van der Waals surface area contributed by atoms with E-state index in [0.717, 1.165) is 24.0 Å². The molecule has 0 amide bonds. The van der Waals surface area contributed by atoms with E-state index in [2.05, 4.69) is 36.5 Å². The van der Waals surface area contributed by atoms with Crippen LogP contribution in [0.4, 0.5) is 5.69 Å². The first kappa shape index (κ1) is 19.4. The molecule has 0 aromatic heterocycles. The van der Waals surface area contributed by atoms with Gasteiger partial charge in [-0.05, 0) is 56.0 Å². The Hall–Kier alpha value is -2.62. The molecule has 0 radical (unpaired) electrons. The lowest BCUT2D eigenvalue weighted by molar-refractivity contribution is 0.112. The second kappa shape index (κ2) is 10.2. The summed E-state index contributed by atoms with van der Waals surface area (Å²) in [5.41, 5.74) is 4.79. The van der Waals surface area contributed by atoms with Crippen molar-refractivity contribution in [2.45, 2.75) is 34.1 Å². The van der Waals surface area contributed by atoms with Gasteiger partial charge in [0.2, 0.25) is 0 Å². The van der Waals surface area contributed by atoms with Crippen LogP contribution in [-0.2, 0) is 4.84 Å². The van der Waals surface area contributed by atoms with Crippen molar-refractivity contribution >= 4 is 17.8 Å². The summed E-state index contributed by atoms with van der Waals surface area (Å²) >= 11 is 0. The summed E-state index contributed by atoms with van der Waals surface area (Å²) in [6.45, 7) is 8.20. The third-order valence-electron chi connectivity index (χ3n) is 3.53. The molecule has 1 N–H and O–H groups in total. The molecule has 0 saturated carbocycles. The Labute approximate surface area is 144 Å². The minimum absolute atomic E-state index is 0.607. The average molecular weight is 326 g/mol. The minimum atomic E-state index is 0.607. The molecule has 0 atom stereocenters. The Morgan fingerprint density at radius 2 is 2.08 bits per heavy atom. The Balaban J connectivity index is 3.13. The lowest BCUT2D eigenvalue weighted by Crippen LogP contribution is -2.14. The molecule has 1 aromatic rings. The summed E-state index contributed by atoms with van der Waals surface area (Å²) in [5, 5.41) is 7.27. The van der Waals surface area contributed by atoms with Gasteiger partial charge in [0.1, 0.15) is 13.4 Å². The standard InChI is InChI=1S/C20H26N2O2/c1-6-9-18(7-2)15(3)12-16(4)20(22-24-5)21-19-11-8-10-17(13-19)14-23/h6,8-14H,7H2,1-5H3,(H,21,22)/b9-6-,16-12+,18-15-. The van der Waals surface area contributed by atoms with E-state index in [-0.39, 0.29) is 0 Å². The molecule has 0 spiro atoms. The molecule has 0 fully saturated rings. The fourth-order valence-electron chi connectivity index (χ4n) is 2.33. The van der Waals surface area contributed by atoms with E-state index in [1.165, 1.54) is 18.3 Å². The number of oxime groups is 1. The zero-order valence-electron chi connectivity index (χ0n) is 15.1. The molecule has 0 bridgehead atoms. The fourth-order valence-corrected chi connectivity index (χ4v) is 2.33. The number of allylic oxidation sites excluding steroid dienone is 5. The predicted octanol–water partition coefficient (Wildman–Crippen LogP) is 5.12. The van der Waals surface area contributed by atoms with E-state index in [1.807, 2.05) is 32.1 Å². The van der Waals surface area contributed by atoms with Gasteiger partial charge in [0, 0.05) is 11.3 Å². The van der Waals surface area contributed by atoms with E-state index >= 15 is 0 Å². The van der Waals surface area contributed by atoms with Gasteiger partial charge in [-0.1, -0.05) is 42.4 Å². The number of nitrogens with zero attached hydrogens (tertiary/aromatic N) is 1. The van der Waals surface area contributed by atoms with E-state index in [1.54, 1.807) is 12.1 Å². The number of hydrogen-bond acceptors (Lipinski definition) is 3. The van der Waals surface area contributed by atoms with Crippen molar-refractivity contribution < 1.29 is 9.63 Å². The minimum Gasteiger partial charge on any atom is -0.397 e. The maximum Gasteiger partial charge on any atom is 0.172 e. The van der Waals surface area contributed by atoms with E-state index in [4.69, 9.17) is 4.84 Å². The number of aldehydes is 1. The van der Waals surface area contributed by atoms with Crippen LogP contribution in [0.5, 0.6) is 0 Å². The molecular weight excluding hydrogens is 300 g/mol. The smallest absolute Gasteiger partial charge is 0.172 e. The third-order valence-corrected chi connectivity index (χ3v) is 3.53. The SMILES string of the molecule is C\C=C/C(CC)=C(C)\C=C(C)\C(=N/OC)Nc1cccc(C=O)c1. The first-order valence-corrected chi connectivity index (χ1v) is 8.00.